The zero-order valence-electron chi connectivity index (χ0n) is 12.9. The summed E-state index contributed by atoms with van der Waals surface area (Å²) in [6.45, 7) is 7.29. The third kappa shape index (κ3) is 3.14. The van der Waals surface area contributed by atoms with Crippen molar-refractivity contribution in [2.75, 3.05) is 11.9 Å². The second kappa shape index (κ2) is 6.78. The fourth-order valence-electron chi connectivity index (χ4n) is 2.98. The summed E-state index contributed by atoms with van der Waals surface area (Å²) in [7, 11) is 0. The Kier molecular flexibility index (Phi) is 5.05. The maximum Gasteiger partial charge on any atom is 0.322 e. The minimum absolute atomic E-state index is 0.0628. The number of hydrogen-bond acceptors (Lipinski definition) is 1. The molecule has 110 valence electrons. The number of hydrogen-bond donors (Lipinski definition) is 1. The van der Waals surface area contributed by atoms with Crippen LogP contribution in [0, 0.1) is 0 Å². The number of aryl methyl sites for hydroxylation is 2. The molecule has 1 aliphatic heterocycles. The molecule has 2 amide bonds. The van der Waals surface area contributed by atoms with Gasteiger partial charge < -0.3 is 10.2 Å². The van der Waals surface area contributed by atoms with Crippen LogP contribution in [-0.4, -0.2) is 23.5 Å². The molecule has 0 bridgehead atoms. The molecule has 1 N–H and O–H groups in total. The molecule has 1 saturated heterocycles. The lowest BCUT2D eigenvalue weighted by atomic mass is 10.0. The van der Waals surface area contributed by atoms with Gasteiger partial charge in [0.25, 0.3) is 0 Å². The predicted molar refractivity (Wildman–Crippen MR) is 84.2 cm³/mol. The first kappa shape index (κ1) is 14.9. The zero-order valence-corrected chi connectivity index (χ0v) is 12.9. The van der Waals surface area contributed by atoms with Crippen LogP contribution in [0.3, 0.4) is 0 Å². The molecule has 2 rings (SSSR count). The number of rotatable bonds is 3. The van der Waals surface area contributed by atoms with Gasteiger partial charge in [-0.05, 0) is 50.2 Å². The van der Waals surface area contributed by atoms with E-state index in [4.69, 9.17) is 0 Å². The molecule has 0 aromatic heterocycles. The maximum absolute atomic E-state index is 12.5. The molecule has 1 aromatic carbocycles. The van der Waals surface area contributed by atoms with Gasteiger partial charge in [0.15, 0.2) is 0 Å². The van der Waals surface area contributed by atoms with E-state index in [1.165, 1.54) is 17.5 Å². The van der Waals surface area contributed by atoms with Crippen molar-refractivity contribution in [3.63, 3.8) is 0 Å². The standard InChI is InChI=1S/C17H26N2O/c1-4-14-10-8-11-15(5-2)16(14)18-17(20)19-12-7-6-9-13(19)3/h8,10-11,13H,4-7,9,12H2,1-3H3,(H,18,20)/t13-/m1/s1. The Morgan fingerprint density at radius 1 is 1.25 bits per heavy atom. The first-order chi connectivity index (χ1) is 9.67. The van der Waals surface area contributed by atoms with Crippen LogP contribution in [0.15, 0.2) is 18.2 Å². The number of amides is 2. The summed E-state index contributed by atoms with van der Waals surface area (Å²) in [6.07, 6.45) is 5.35. The maximum atomic E-state index is 12.5. The number of carbonyl (C=O) groups excluding carboxylic acids is 1. The second-order valence-electron chi connectivity index (χ2n) is 5.63. The summed E-state index contributed by atoms with van der Waals surface area (Å²) in [4.78, 5) is 14.5. The molecule has 3 heteroatoms. The molecule has 1 fully saturated rings. The quantitative estimate of drug-likeness (QED) is 0.879. The molecule has 0 saturated carbocycles. The Hall–Kier alpha value is -1.51. The van der Waals surface area contributed by atoms with Gasteiger partial charge in [-0.3, -0.25) is 0 Å². The number of benzene rings is 1. The van der Waals surface area contributed by atoms with Crippen molar-refractivity contribution in [3.05, 3.63) is 29.3 Å². The van der Waals surface area contributed by atoms with E-state index < -0.39 is 0 Å². The molecule has 1 aliphatic rings. The van der Waals surface area contributed by atoms with Gasteiger partial charge in [0.05, 0.1) is 0 Å². The van der Waals surface area contributed by atoms with Crippen molar-refractivity contribution < 1.29 is 4.79 Å². The smallest absolute Gasteiger partial charge is 0.322 e. The van der Waals surface area contributed by atoms with Crippen LogP contribution < -0.4 is 5.32 Å². The van der Waals surface area contributed by atoms with Gasteiger partial charge in [0.2, 0.25) is 0 Å². The number of nitrogens with one attached hydrogen (secondary N) is 1. The van der Waals surface area contributed by atoms with Crippen LogP contribution in [0.5, 0.6) is 0 Å². The van der Waals surface area contributed by atoms with Crippen molar-refractivity contribution in [3.8, 4) is 0 Å². The van der Waals surface area contributed by atoms with E-state index in [0.29, 0.717) is 6.04 Å². The van der Waals surface area contributed by atoms with E-state index in [1.807, 2.05) is 4.90 Å². The van der Waals surface area contributed by atoms with E-state index in [0.717, 1.165) is 37.9 Å². The van der Waals surface area contributed by atoms with Gasteiger partial charge >= 0.3 is 6.03 Å². The summed E-state index contributed by atoms with van der Waals surface area (Å²) in [5.74, 6) is 0. The Morgan fingerprint density at radius 2 is 1.90 bits per heavy atom. The minimum atomic E-state index is 0.0628. The molecule has 0 aliphatic carbocycles. The Labute approximate surface area is 122 Å². The zero-order chi connectivity index (χ0) is 14.5. The number of carbonyl (C=O) groups is 1. The highest BCUT2D eigenvalue weighted by atomic mass is 16.2. The van der Waals surface area contributed by atoms with Crippen LogP contribution in [0.2, 0.25) is 0 Å². The summed E-state index contributed by atoms with van der Waals surface area (Å²) < 4.78 is 0. The van der Waals surface area contributed by atoms with Crippen molar-refractivity contribution in [2.45, 2.75) is 58.9 Å². The number of anilines is 1. The SMILES string of the molecule is CCc1cccc(CC)c1NC(=O)N1CCCC[C@H]1C. The molecule has 1 heterocycles. The van der Waals surface area contributed by atoms with Crippen molar-refractivity contribution in [1.82, 2.24) is 4.90 Å². The first-order valence-electron chi connectivity index (χ1n) is 7.85. The molecular weight excluding hydrogens is 248 g/mol. The molecular formula is C17H26N2O. The number of likely N-dealkylation sites (tertiary alicyclic amines) is 1. The van der Waals surface area contributed by atoms with Crippen LogP contribution in [0.25, 0.3) is 0 Å². The number of piperidine rings is 1. The highest BCUT2D eigenvalue weighted by Crippen LogP contribution is 2.24. The van der Waals surface area contributed by atoms with Crippen molar-refractivity contribution in [2.24, 2.45) is 0 Å². The van der Waals surface area contributed by atoms with Gasteiger partial charge in [-0.2, -0.15) is 0 Å². The normalized spacial score (nSPS) is 18.9. The summed E-state index contributed by atoms with van der Waals surface area (Å²) in [5, 5.41) is 3.17. The Bertz CT molecular complexity index is 448. The predicted octanol–water partition coefficient (Wildman–Crippen LogP) is 4.22. The van der Waals surface area contributed by atoms with Crippen LogP contribution in [0.1, 0.15) is 51.2 Å². The van der Waals surface area contributed by atoms with E-state index in [9.17, 15) is 4.79 Å². The first-order valence-corrected chi connectivity index (χ1v) is 7.85. The van der Waals surface area contributed by atoms with Crippen molar-refractivity contribution >= 4 is 11.7 Å². The molecule has 3 nitrogen and oxygen atoms in total. The van der Waals surface area contributed by atoms with E-state index in [2.05, 4.69) is 44.3 Å². The van der Waals surface area contributed by atoms with E-state index in [-0.39, 0.29) is 6.03 Å². The van der Waals surface area contributed by atoms with Crippen LogP contribution in [-0.2, 0) is 12.8 Å². The molecule has 1 atom stereocenters. The average molecular weight is 274 g/mol. The fourth-order valence-corrected chi connectivity index (χ4v) is 2.98. The van der Waals surface area contributed by atoms with E-state index >= 15 is 0 Å². The van der Waals surface area contributed by atoms with Gasteiger partial charge in [-0.1, -0.05) is 32.0 Å². The van der Waals surface area contributed by atoms with Gasteiger partial charge in [0.1, 0.15) is 0 Å². The highest BCUT2D eigenvalue weighted by molar-refractivity contribution is 5.91. The number of nitrogens with zero attached hydrogens (tertiary/aromatic N) is 1. The van der Waals surface area contributed by atoms with Crippen LogP contribution in [0.4, 0.5) is 10.5 Å². The average Bonchev–Trinajstić information content (AvgIpc) is 2.47. The summed E-state index contributed by atoms with van der Waals surface area (Å²) in [5.41, 5.74) is 3.48. The van der Waals surface area contributed by atoms with Gasteiger partial charge in [-0.15, -0.1) is 0 Å². The lowest BCUT2D eigenvalue weighted by molar-refractivity contribution is 0.170. The third-order valence-electron chi connectivity index (χ3n) is 4.29. The fraction of sp³-hybridized carbons (Fsp3) is 0.588. The highest BCUT2D eigenvalue weighted by Gasteiger charge is 2.24. The van der Waals surface area contributed by atoms with Crippen LogP contribution >= 0.6 is 0 Å². The molecule has 20 heavy (non-hydrogen) atoms. The molecule has 1 aromatic rings. The molecule has 0 radical (unpaired) electrons. The number of para-hydroxylation sites is 1. The lowest BCUT2D eigenvalue weighted by Crippen LogP contribution is -2.44. The monoisotopic (exact) mass is 274 g/mol. The second-order valence-corrected chi connectivity index (χ2v) is 5.63. The molecule has 0 unspecified atom stereocenters. The minimum Gasteiger partial charge on any atom is -0.322 e. The Morgan fingerprint density at radius 3 is 2.45 bits per heavy atom. The Balaban J connectivity index is 2.18. The molecule has 0 spiro atoms. The summed E-state index contributed by atoms with van der Waals surface area (Å²) in [6, 6.07) is 6.70. The topological polar surface area (TPSA) is 32.3 Å². The largest absolute Gasteiger partial charge is 0.322 e. The third-order valence-corrected chi connectivity index (χ3v) is 4.29. The van der Waals surface area contributed by atoms with Crippen molar-refractivity contribution in [1.29, 1.82) is 0 Å². The number of urea groups is 1. The van der Waals surface area contributed by atoms with Gasteiger partial charge in [-0.25, -0.2) is 4.79 Å². The van der Waals surface area contributed by atoms with Gasteiger partial charge in [0, 0.05) is 18.3 Å². The van der Waals surface area contributed by atoms with E-state index in [1.54, 1.807) is 0 Å². The lowest BCUT2D eigenvalue weighted by Gasteiger charge is -2.33. The summed E-state index contributed by atoms with van der Waals surface area (Å²) >= 11 is 0.